The summed E-state index contributed by atoms with van der Waals surface area (Å²) in [5.74, 6) is -0.0147. The maximum atomic E-state index is 11.9. The molecule has 24 heavy (non-hydrogen) atoms. The molecule has 0 aliphatic carbocycles. The van der Waals surface area contributed by atoms with Gasteiger partial charge in [0.2, 0.25) is 0 Å². The third-order valence-electron chi connectivity index (χ3n) is 3.06. The van der Waals surface area contributed by atoms with Crippen molar-refractivity contribution >= 4 is 27.9 Å². The van der Waals surface area contributed by atoms with Crippen LogP contribution in [0.5, 0.6) is 5.75 Å². The summed E-state index contributed by atoms with van der Waals surface area (Å²) in [4.78, 5) is 22.7. The summed E-state index contributed by atoms with van der Waals surface area (Å²) in [6.07, 6.45) is -4.53. The molecule has 0 radical (unpaired) electrons. The van der Waals surface area contributed by atoms with Gasteiger partial charge in [0, 0.05) is 5.56 Å². The fourth-order valence-corrected chi connectivity index (χ4v) is 2.35. The van der Waals surface area contributed by atoms with Crippen LogP contribution in [-0.2, 0) is 4.79 Å². The Morgan fingerprint density at radius 1 is 1.38 bits per heavy atom. The number of urea groups is 1. The molecule has 0 bridgehead atoms. The molecule has 1 rings (SSSR count). The fourth-order valence-electron chi connectivity index (χ4n) is 1.79. The van der Waals surface area contributed by atoms with Crippen molar-refractivity contribution in [3.05, 3.63) is 28.2 Å². The van der Waals surface area contributed by atoms with E-state index in [1.165, 1.54) is 0 Å². The molecule has 6 nitrogen and oxygen atoms in total. The van der Waals surface area contributed by atoms with E-state index in [4.69, 9.17) is 4.74 Å². The van der Waals surface area contributed by atoms with E-state index in [1.54, 1.807) is 23.8 Å². The number of ether oxygens (including phenoxy) is 1. The summed E-state index contributed by atoms with van der Waals surface area (Å²) >= 11 is 3.36. The largest absolute Gasteiger partial charge is 0.496 e. The van der Waals surface area contributed by atoms with E-state index in [0.29, 0.717) is 5.75 Å². The van der Waals surface area contributed by atoms with Gasteiger partial charge in [0.1, 0.15) is 18.3 Å². The summed E-state index contributed by atoms with van der Waals surface area (Å²) in [6.45, 7) is 0.252. The van der Waals surface area contributed by atoms with Crippen molar-refractivity contribution in [3.8, 4) is 5.75 Å². The number of hydrogen-bond donors (Lipinski definition) is 3. The Morgan fingerprint density at radius 3 is 2.58 bits per heavy atom. The maximum Gasteiger partial charge on any atom is 0.405 e. The number of amides is 3. The summed E-state index contributed by atoms with van der Waals surface area (Å²) in [6, 6.07) is 4.17. The van der Waals surface area contributed by atoms with Crippen LogP contribution in [0.4, 0.5) is 18.0 Å². The predicted molar refractivity (Wildman–Crippen MR) is 83.5 cm³/mol. The Kier molecular flexibility index (Phi) is 7.49. The van der Waals surface area contributed by atoms with Gasteiger partial charge in [-0.1, -0.05) is 0 Å². The monoisotopic (exact) mass is 412 g/mol. The lowest BCUT2D eigenvalue weighted by Gasteiger charge is -2.13. The van der Waals surface area contributed by atoms with E-state index in [9.17, 15) is 22.8 Å². The first kappa shape index (κ1) is 20.2. The second-order valence-electron chi connectivity index (χ2n) is 4.97. The van der Waals surface area contributed by atoms with E-state index in [0.717, 1.165) is 10.0 Å². The number of carbonyl (C=O) groups is 2. The van der Waals surface area contributed by atoms with Crippen LogP contribution in [0.15, 0.2) is 22.7 Å². The number of carbonyl (C=O) groups excluding carboxylic acids is 2. The number of benzene rings is 1. The molecule has 1 aromatic carbocycles. The number of halogens is 4. The van der Waals surface area contributed by atoms with Gasteiger partial charge in [-0.05, 0) is 41.1 Å². The number of quaternary nitrogens is 1. The van der Waals surface area contributed by atoms with Gasteiger partial charge in [0.25, 0.3) is 5.91 Å². The molecule has 0 unspecified atom stereocenters. The van der Waals surface area contributed by atoms with Gasteiger partial charge < -0.3 is 15.4 Å². The van der Waals surface area contributed by atoms with Gasteiger partial charge in [-0.2, -0.15) is 13.2 Å². The molecule has 0 spiro atoms. The summed E-state index contributed by atoms with van der Waals surface area (Å²) in [5.41, 5.74) is 0.914. The van der Waals surface area contributed by atoms with Crippen LogP contribution in [0.25, 0.3) is 0 Å². The molecule has 1 atom stereocenters. The van der Waals surface area contributed by atoms with Crippen LogP contribution in [-0.4, -0.2) is 38.3 Å². The van der Waals surface area contributed by atoms with Gasteiger partial charge in [0.15, 0.2) is 6.54 Å². The van der Waals surface area contributed by atoms with Crippen molar-refractivity contribution in [3.63, 3.8) is 0 Å². The van der Waals surface area contributed by atoms with E-state index in [-0.39, 0.29) is 12.6 Å². The van der Waals surface area contributed by atoms with Crippen LogP contribution in [0.2, 0.25) is 0 Å². The Hall–Kier alpha value is -1.81. The molecule has 0 saturated carbocycles. The molecule has 1 aromatic rings. The molecular weight excluding hydrogens is 395 g/mol. The molecule has 0 aromatic heterocycles. The van der Waals surface area contributed by atoms with Crippen LogP contribution >= 0.6 is 15.9 Å². The third-order valence-corrected chi connectivity index (χ3v) is 3.68. The van der Waals surface area contributed by atoms with Crippen molar-refractivity contribution in [2.75, 3.05) is 20.2 Å². The molecule has 0 saturated heterocycles. The lowest BCUT2D eigenvalue weighted by molar-refractivity contribution is -0.682. The second kappa shape index (κ2) is 8.88. The first-order chi connectivity index (χ1) is 11.1. The normalized spacial score (nSPS) is 12.4. The molecule has 3 amide bonds. The number of nitrogens with two attached hydrogens (primary N) is 1. The number of imide groups is 1. The van der Waals surface area contributed by atoms with Crippen molar-refractivity contribution in [2.24, 2.45) is 0 Å². The number of nitrogens with one attached hydrogen (secondary N) is 2. The van der Waals surface area contributed by atoms with Crippen LogP contribution < -0.4 is 20.7 Å². The molecule has 10 heteroatoms. The summed E-state index contributed by atoms with van der Waals surface area (Å²) in [7, 11) is 1.55. The van der Waals surface area contributed by atoms with E-state index >= 15 is 0 Å². The predicted octanol–water partition coefficient (Wildman–Crippen LogP) is 1.47. The molecule has 0 aliphatic heterocycles. The fraction of sp³-hybridized carbons (Fsp3) is 0.429. The first-order valence-electron chi connectivity index (χ1n) is 6.93. The van der Waals surface area contributed by atoms with Crippen molar-refractivity contribution in [1.82, 2.24) is 10.6 Å². The molecule has 0 aliphatic rings. The molecule has 4 N–H and O–H groups in total. The zero-order chi connectivity index (χ0) is 18.3. The van der Waals surface area contributed by atoms with Crippen molar-refractivity contribution in [1.29, 1.82) is 0 Å². The maximum absolute atomic E-state index is 11.9. The van der Waals surface area contributed by atoms with Gasteiger partial charge in [-0.25, -0.2) is 4.79 Å². The zero-order valence-electron chi connectivity index (χ0n) is 13.0. The van der Waals surface area contributed by atoms with Gasteiger partial charge in [0.05, 0.1) is 11.6 Å². The van der Waals surface area contributed by atoms with E-state index in [2.05, 4.69) is 15.9 Å². The van der Waals surface area contributed by atoms with Crippen molar-refractivity contribution in [2.45, 2.75) is 19.1 Å². The third kappa shape index (κ3) is 7.18. The highest BCUT2D eigenvalue weighted by Gasteiger charge is 2.28. The zero-order valence-corrected chi connectivity index (χ0v) is 14.6. The summed E-state index contributed by atoms with van der Waals surface area (Å²) < 4.78 is 41.7. The van der Waals surface area contributed by atoms with Gasteiger partial charge in [-0.15, -0.1) is 0 Å². The summed E-state index contributed by atoms with van der Waals surface area (Å²) in [5, 5.41) is 5.06. The van der Waals surface area contributed by atoms with E-state index in [1.807, 2.05) is 24.4 Å². The Morgan fingerprint density at radius 2 is 2.04 bits per heavy atom. The SMILES string of the molecule is COc1ccc([C@@H](C)[NH2+]CC(=O)NC(=O)NCC(F)(F)F)cc1Br. The molecule has 0 heterocycles. The molecule has 134 valence electrons. The lowest BCUT2D eigenvalue weighted by Crippen LogP contribution is -2.87. The average molecular weight is 413 g/mol. The minimum atomic E-state index is -4.53. The van der Waals surface area contributed by atoms with Gasteiger partial charge >= 0.3 is 12.2 Å². The number of rotatable bonds is 6. The standard InChI is InChI=1S/C14H17BrF3N3O3/c1-8(9-3-4-11(24-2)10(15)5-9)19-6-12(22)21-13(23)20-7-14(16,17)18/h3-5,8,19H,6-7H2,1-2H3,(H2,20,21,22,23)/p+1/t8-/m1/s1. The Bertz CT molecular complexity index is 596. The minimum Gasteiger partial charge on any atom is -0.496 e. The highest BCUT2D eigenvalue weighted by atomic mass is 79.9. The number of alkyl halides is 3. The lowest BCUT2D eigenvalue weighted by atomic mass is 10.1. The Balaban J connectivity index is 2.43. The van der Waals surface area contributed by atoms with Gasteiger partial charge in [-0.3, -0.25) is 10.1 Å². The van der Waals surface area contributed by atoms with Crippen molar-refractivity contribution < 1.29 is 32.8 Å². The number of hydrogen-bond acceptors (Lipinski definition) is 3. The smallest absolute Gasteiger partial charge is 0.405 e. The van der Waals surface area contributed by atoms with Crippen LogP contribution in [0.1, 0.15) is 18.5 Å². The highest BCUT2D eigenvalue weighted by molar-refractivity contribution is 9.10. The second-order valence-corrected chi connectivity index (χ2v) is 5.82. The van der Waals surface area contributed by atoms with Crippen LogP contribution in [0.3, 0.4) is 0 Å². The average Bonchev–Trinajstić information content (AvgIpc) is 2.50. The Labute approximate surface area is 145 Å². The highest BCUT2D eigenvalue weighted by Crippen LogP contribution is 2.27. The molecular formula is C14H18BrF3N3O3+. The first-order valence-corrected chi connectivity index (χ1v) is 7.73. The quantitative estimate of drug-likeness (QED) is 0.661. The molecule has 0 fully saturated rings. The van der Waals surface area contributed by atoms with Crippen LogP contribution in [0, 0.1) is 0 Å². The van der Waals surface area contributed by atoms with E-state index < -0.39 is 24.7 Å². The topological polar surface area (TPSA) is 84.0 Å². The number of methoxy groups -OCH3 is 1. The minimum absolute atomic E-state index is 0.101.